The van der Waals surface area contributed by atoms with Crippen LogP contribution in [0.5, 0.6) is 0 Å². The fourth-order valence-electron chi connectivity index (χ4n) is 1.88. The maximum atomic E-state index is 12.5. The average Bonchev–Trinajstić information content (AvgIpc) is 2.75. The van der Waals surface area contributed by atoms with E-state index >= 15 is 0 Å². The van der Waals surface area contributed by atoms with Gasteiger partial charge in [-0.3, -0.25) is 0 Å². The molecule has 0 aromatic carbocycles. The van der Waals surface area contributed by atoms with Gasteiger partial charge in [0.2, 0.25) is 10.0 Å². The molecule has 0 bridgehead atoms. The highest BCUT2D eigenvalue weighted by Crippen LogP contribution is 2.28. The summed E-state index contributed by atoms with van der Waals surface area (Å²) in [4.78, 5) is 3.89. The highest BCUT2D eigenvalue weighted by Gasteiger charge is 2.46. The van der Waals surface area contributed by atoms with E-state index in [1.165, 1.54) is 11.0 Å². The molecule has 19 heavy (non-hydrogen) atoms. The highest BCUT2D eigenvalue weighted by atomic mass is 32.2. The minimum absolute atomic E-state index is 0.351. The average molecular weight is 298 g/mol. The molecule has 2 heterocycles. The summed E-state index contributed by atoms with van der Waals surface area (Å²) >= 11 is 0. The van der Waals surface area contributed by atoms with E-state index in [9.17, 15) is 21.6 Å². The quantitative estimate of drug-likeness (QED) is 0.902. The fourth-order valence-corrected chi connectivity index (χ4v) is 3.05. The first-order chi connectivity index (χ1) is 8.72. The molecule has 0 fully saturated rings. The smallest absolute Gasteiger partial charge is 0.248 e. The van der Waals surface area contributed by atoms with E-state index in [1.54, 1.807) is 0 Å². The molecule has 1 N–H and O–H groups in total. The van der Waals surface area contributed by atoms with E-state index in [4.69, 9.17) is 0 Å². The number of aryl methyl sites for hydroxylation is 1. The SMILES string of the molecule is CC(C(F)(F)F)S(=O)(=O)NC1CCCn2ncnc21. The lowest BCUT2D eigenvalue weighted by Gasteiger charge is -2.25. The normalized spacial score (nSPS) is 22.0. The van der Waals surface area contributed by atoms with E-state index in [1.807, 2.05) is 0 Å². The predicted octanol–water partition coefficient (Wildman–Crippen LogP) is 0.983. The van der Waals surface area contributed by atoms with Gasteiger partial charge in [-0.05, 0) is 19.8 Å². The van der Waals surface area contributed by atoms with E-state index in [2.05, 4.69) is 14.8 Å². The van der Waals surface area contributed by atoms with E-state index in [-0.39, 0.29) is 0 Å². The van der Waals surface area contributed by atoms with Gasteiger partial charge < -0.3 is 0 Å². The molecule has 6 nitrogen and oxygen atoms in total. The number of nitrogens with zero attached hydrogens (tertiary/aromatic N) is 3. The van der Waals surface area contributed by atoms with Crippen molar-refractivity contribution in [2.24, 2.45) is 0 Å². The summed E-state index contributed by atoms with van der Waals surface area (Å²) in [5.41, 5.74) is 0. The van der Waals surface area contributed by atoms with Crippen LogP contribution in [0.1, 0.15) is 31.6 Å². The maximum Gasteiger partial charge on any atom is 0.406 e. The van der Waals surface area contributed by atoms with Crippen molar-refractivity contribution in [1.82, 2.24) is 19.5 Å². The van der Waals surface area contributed by atoms with Gasteiger partial charge in [-0.1, -0.05) is 0 Å². The lowest BCUT2D eigenvalue weighted by atomic mass is 10.1. The van der Waals surface area contributed by atoms with Crippen LogP contribution in [-0.4, -0.2) is 34.6 Å². The molecular weight excluding hydrogens is 285 g/mol. The third-order valence-corrected chi connectivity index (χ3v) is 4.86. The molecule has 2 atom stereocenters. The molecule has 10 heteroatoms. The Hall–Kier alpha value is -1.16. The predicted molar refractivity (Wildman–Crippen MR) is 59.6 cm³/mol. The van der Waals surface area contributed by atoms with Crippen LogP contribution in [0.3, 0.4) is 0 Å². The van der Waals surface area contributed by atoms with Crippen LogP contribution in [0.25, 0.3) is 0 Å². The second-order valence-electron chi connectivity index (χ2n) is 4.38. The van der Waals surface area contributed by atoms with Gasteiger partial charge in [-0.25, -0.2) is 22.8 Å². The van der Waals surface area contributed by atoms with Crippen LogP contribution >= 0.6 is 0 Å². The molecule has 1 aromatic rings. The van der Waals surface area contributed by atoms with E-state index in [0.717, 1.165) is 0 Å². The molecule has 1 aromatic heterocycles. The Labute approximate surface area is 108 Å². The van der Waals surface area contributed by atoms with Gasteiger partial charge in [0.25, 0.3) is 0 Å². The van der Waals surface area contributed by atoms with Crippen molar-refractivity contribution >= 4 is 10.0 Å². The molecule has 0 radical (unpaired) electrons. The molecule has 108 valence electrons. The zero-order valence-electron chi connectivity index (χ0n) is 10.1. The molecule has 0 amide bonds. The Kier molecular flexibility index (Phi) is 3.56. The summed E-state index contributed by atoms with van der Waals surface area (Å²) < 4.78 is 64.4. The molecule has 0 aliphatic carbocycles. The van der Waals surface area contributed by atoms with Crippen LogP contribution in [0.15, 0.2) is 6.33 Å². The number of halogens is 3. The molecule has 0 saturated heterocycles. The molecule has 0 spiro atoms. The van der Waals surface area contributed by atoms with Crippen molar-refractivity contribution < 1.29 is 21.6 Å². The molecular formula is C9H13F3N4O2S. The minimum Gasteiger partial charge on any atom is -0.248 e. The largest absolute Gasteiger partial charge is 0.406 e. The Morgan fingerprint density at radius 3 is 2.84 bits per heavy atom. The van der Waals surface area contributed by atoms with Crippen LogP contribution in [0.4, 0.5) is 13.2 Å². The van der Waals surface area contributed by atoms with Crippen LogP contribution in [0, 0.1) is 0 Å². The molecule has 2 rings (SSSR count). The van der Waals surface area contributed by atoms with Crippen molar-refractivity contribution in [2.45, 2.75) is 43.8 Å². The fraction of sp³-hybridized carbons (Fsp3) is 0.778. The number of hydrogen-bond acceptors (Lipinski definition) is 4. The summed E-state index contributed by atoms with van der Waals surface area (Å²) in [6.07, 6.45) is -2.50. The number of hydrogen-bond donors (Lipinski definition) is 1. The topological polar surface area (TPSA) is 76.9 Å². The van der Waals surface area contributed by atoms with Crippen LogP contribution in [-0.2, 0) is 16.6 Å². The number of fused-ring (bicyclic) bond motifs is 1. The summed E-state index contributed by atoms with van der Waals surface area (Å²) in [5.74, 6) is 0.351. The summed E-state index contributed by atoms with van der Waals surface area (Å²) in [6.45, 7) is 1.21. The van der Waals surface area contributed by atoms with Crippen molar-refractivity contribution in [1.29, 1.82) is 0 Å². The molecule has 1 aliphatic heterocycles. The number of aromatic nitrogens is 3. The maximum absolute atomic E-state index is 12.5. The van der Waals surface area contributed by atoms with Gasteiger partial charge >= 0.3 is 6.18 Å². The van der Waals surface area contributed by atoms with Gasteiger partial charge in [0, 0.05) is 6.54 Å². The van der Waals surface area contributed by atoms with Gasteiger partial charge in [0.05, 0.1) is 6.04 Å². The van der Waals surface area contributed by atoms with E-state index < -0.39 is 27.5 Å². The Morgan fingerprint density at radius 2 is 2.21 bits per heavy atom. The molecule has 1 aliphatic rings. The van der Waals surface area contributed by atoms with Crippen molar-refractivity contribution in [3.8, 4) is 0 Å². The third-order valence-electron chi connectivity index (χ3n) is 3.05. The van der Waals surface area contributed by atoms with Crippen molar-refractivity contribution in [2.75, 3.05) is 0 Å². The van der Waals surface area contributed by atoms with Gasteiger partial charge in [-0.15, -0.1) is 0 Å². The first-order valence-electron chi connectivity index (χ1n) is 5.67. The second kappa shape index (κ2) is 4.75. The third kappa shape index (κ3) is 2.89. The number of rotatable bonds is 3. The highest BCUT2D eigenvalue weighted by molar-refractivity contribution is 7.90. The summed E-state index contributed by atoms with van der Waals surface area (Å²) in [5, 5.41) is 1.42. The van der Waals surface area contributed by atoms with E-state index in [0.29, 0.717) is 32.1 Å². The van der Waals surface area contributed by atoms with Crippen molar-refractivity contribution in [3.05, 3.63) is 12.2 Å². The Bertz CT molecular complexity index is 554. The van der Waals surface area contributed by atoms with Gasteiger partial charge in [-0.2, -0.15) is 18.3 Å². The zero-order valence-corrected chi connectivity index (χ0v) is 10.9. The standard InChI is InChI=1S/C9H13F3N4O2S/c1-6(9(10,11)12)19(17,18)15-7-3-2-4-16-8(7)13-5-14-16/h5-7,15H,2-4H2,1H3. The minimum atomic E-state index is -4.80. The first-order valence-corrected chi connectivity index (χ1v) is 7.22. The monoisotopic (exact) mass is 298 g/mol. The first kappa shape index (κ1) is 14.3. The Morgan fingerprint density at radius 1 is 1.53 bits per heavy atom. The Balaban J connectivity index is 2.19. The van der Waals surface area contributed by atoms with Crippen LogP contribution in [0.2, 0.25) is 0 Å². The second-order valence-corrected chi connectivity index (χ2v) is 6.42. The lowest BCUT2D eigenvalue weighted by molar-refractivity contribution is -0.127. The molecule has 0 saturated carbocycles. The zero-order chi connectivity index (χ0) is 14.3. The number of alkyl halides is 3. The van der Waals surface area contributed by atoms with Gasteiger partial charge in [0.1, 0.15) is 12.2 Å². The number of nitrogens with one attached hydrogen (secondary N) is 1. The van der Waals surface area contributed by atoms with Crippen molar-refractivity contribution in [3.63, 3.8) is 0 Å². The molecule has 2 unspecified atom stereocenters. The van der Waals surface area contributed by atoms with Gasteiger partial charge in [0.15, 0.2) is 5.25 Å². The summed E-state index contributed by atoms with van der Waals surface area (Å²) in [6, 6.07) is -0.758. The van der Waals surface area contributed by atoms with Crippen LogP contribution < -0.4 is 4.72 Å². The summed E-state index contributed by atoms with van der Waals surface area (Å²) in [7, 11) is -4.49. The number of sulfonamides is 1. The lowest BCUT2D eigenvalue weighted by Crippen LogP contribution is -2.44.